The highest BCUT2D eigenvalue weighted by Crippen LogP contribution is 2.24. The number of nitrogens with zero attached hydrogens (tertiary/aromatic N) is 1. The Kier molecular flexibility index (Phi) is 1.62. The van der Waals surface area contributed by atoms with Gasteiger partial charge in [0.1, 0.15) is 0 Å². The van der Waals surface area contributed by atoms with Gasteiger partial charge in [-0.25, -0.2) is 8.78 Å². The summed E-state index contributed by atoms with van der Waals surface area (Å²) in [6, 6.07) is 2.63. The summed E-state index contributed by atoms with van der Waals surface area (Å²) in [6.45, 7) is 0. The zero-order chi connectivity index (χ0) is 9.42. The first kappa shape index (κ1) is 7.91. The second-order valence-corrected chi connectivity index (χ2v) is 2.68. The van der Waals surface area contributed by atoms with E-state index in [2.05, 4.69) is 4.98 Å². The van der Waals surface area contributed by atoms with Gasteiger partial charge in [0, 0.05) is 23.2 Å². The first-order valence-electron chi connectivity index (χ1n) is 3.67. The Labute approximate surface area is 73.0 Å². The van der Waals surface area contributed by atoms with Crippen molar-refractivity contribution in [1.29, 1.82) is 0 Å². The molecule has 2 rings (SSSR count). The highest BCUT2D eigenvalue weighted by atomic mass is 19.2. The van der Waals surface area contributed by atoms with Crippen LogP contribution in [0.15, 0.2) is 24.5 Å². The lowest BCUT2D eigenvalue weighted by molar-refractivity contribution is 0.514. The summed E-state index contributed by atoms with van der Waals surface area (Å²) < 4.78 is 25.8. The summed E-state index contributed by atoms with van der Waals surface area (Å²) >= 11 is 0. The van der Waals surface area contributed by atoms with E-state index < -0.39 is 11.6 Å². The van der Waals surface area contributed by atoms with Crippen molar-refractivity contribution >= 4 is 16.5 Å². The molecule has 0 atom stereocenters. The molecule has 1 aromatic carbocycles. The average molecular weight is 180 g/mol. The van der Waals surface area contributed by atoms with Crippen molar-refractivity contribution < 1.29 is 8.78 Å². The number of nitrogen functional groups attached to an aromatic ring is 1. The van der Waals surface area contributed by atoms with Crippen molar-refractivity contribution in [3.05, 3.63) is 36.2 Å². The van der Waals surface area contributed by atoms with Gasteiger partial charge in [0.2, 0.25) is 0 Å². The summed E-state index contributed by atoms with van der Waals surface area (Å²) in [5.74, 6) is -1.95. The number of halogens is 2. The van der Waals surface area contributed by atoms with E-state index in [-0.39, 0.29) is 5.69 Å². The molecule has 2 N–H and O–H groups in total. The van der Waals surface area contributed by atoms with E-state index >= 15 is 0 Å². The number of hydrogen-bond donors (Lipinski definition) is 1. The van der Waals surface area contributed by atoms with Crippen molar-refractivity contribution in [2.24, 2.45) is 0 Å². The van der Waals surface area contributed by atoms with Gasteiger partial charge in [-0.15, -0.1) is 0 Å². The van der Waals surface area contributed by atoms with Crippen LogP contribution in [0.1, 0.15) is 0 Å². The molecule has 0 aliphatic heterocycles. The fourth-order valence-corrected chi connectivity index (χ4v) is 1.21. The van der Waals surface area contributed by atoms with Gasteiger partial charge in [0.25, 0.3) is 0 Å². The second-order valence-electron chi connectivity index (χ2n) is 2.68. The molecular weight excluding hydrogens is 174 g/mol. The minimum absolute atomic E-state index is 0.169. The van der Waals surface area contributed by atoms with Gasteiger partial charge < -0.3 is 5.73 Å². The van der Waals surface area contributed by atoms with Crippen LogP contribution in [0.3, 0.4) is 0 Å². The van der Waals surface area contributed by atoms with Crippen LogP contribution in [0.2, 0.25) is 0 Å². The van der Waals surface area contributed by atoms with Crippen molar-refractivity contribution in [1.82, 2.24) is 4.98 Å². The van der Waals surface area contributed by atoms with Gasteiger partial charge >= 0.3 is 0 Å². The zero-order valence-corrected chi connectivity index (χ0v) is 6.59. The topological polar surface area (TPSA) is 38.9 Å². The molecule has 2 nitrogen and oxygen atoms in total. The average Bonchev–Trinajstić information content (AvgIpc) is 2.15. The maximum Gasteiger partial charge on any atom is 0.182 e. The lowest BCUT2D eigenvalue weighted by atomic mass is 10.1. The van der Waals surface area contributed by atoms with Crippen LogP contribution in [-0.4, -0.2) is 4.98 Å². The summed E-state index contributed by atoms with van der Waals surface area (Å²) in [6.07, 6.45) is 2.92. The molecule has 0 saturated carbocycles. The van der Waals surface area contributed by atoms with Crippen LogP contribution in [0.5, 0.6) is 0 Å². The van der Waals surface area contributed by atoms with Crippen molar-refractivity contribution in [2.75, 3.05) is 5.73 Å². The molecule has 0 fully saturated rings. The third-order valence-electron chi connectivity index (χ3n) is 1.87. The molecule has 0 amide bonds. The van der Waals surface area contributed by atoms with Crippen molar-refractivity contribution in [2.45, 2.75) is 0 Å². The second kappa shape index (κ2) is 2.65. The fourth-order valence-electron chi connectivity index (χ4n) is 1.21. The number of hydrogen-bond acceptors (Lipinski definition) is 2. The van der Waals surface area contributed by atoms with Crippen LogP contribution < -0.4 is 5.73 Å². The van der Waals surface area contributed by atoms with Crippen LogP contribution in [-0.2, 0) is 0 Å². The maximum absolute atomic E-state index is 12.9. The minimum Gasteiger partial charge on any atom is -0.396 e. The highest BCUT2D eigenvalue weighted by molar-refractivity contribution is 5.92. The maximum atomic E-state index is 12.9. The Morgan fingerprint density at radius 1 is 1.31 bits per heavy atom. The number of rotatable bonds is 0. The Bertz CT molecular complexity index is 468. The van der Waals surface area contributed by atoms with E-state index in [9.17, 15) is 8.78 Å². The predicted molar refractivity (Wildman–Crippen MR) is 46.1 cm³/mol. The summed E-state index contributed by atoms with van der Waals surface area (Å²) in [4.78, 5) is 3.78. The largest absolute Gasteiger partial charge is 0.396 e. The van der Waals surface area contributed by atoms with Gasteiger partial charge in [0.15, 0.2) is 11.6 Å². The monoisotopic (exact) mass is 180 g/mol. The van der Waals surface area contributed by atoms with E-state index in [1.807, 2.05) is 0 Å². The van der Waals surface area contributed by atoms with E-state index in [1.54, 1.807) is 6.07 Å². The number of nitrogens with two attached hydrogens (primary N) is 1. The molecule has 0 bridgehead atoms. The van der Waals surface area contributed by atoms with Gasteiger partial charge in [-0.05, 0) is 12.1 Å². The number of fused-ring (bicyclic) bond motifs is 1. The molecule has 1 heterocycles. The van der Waals surface area contributed by atoms with Crippen molar-refractivity contribution in [3.63, 3.8) is 0 Å². The molecule has 0 aliphatic rings. The molecule has 0 unspecified atom stereocenters. The van der Waals surface area contributed by atoms with E-state index in [1.165, 1.54) is 12.4 Å². The number of benzene rings is 1. The summed E-state index contributed by atoms with van der Waals surface area (Å²) in [5.41, 5.74) is 5.21. The third kappa shape index (κ3) is 1.11. The van der Waals surface area contributed by atoms with Crippen molar-refractivity contribution in [3.8, 4) is 0 Å². The van der Waals surface area contributed by atoms with E-state index in [0.29, 0.717) is 10.8 Å². The Morgan fingerprint density at radius 2 is 2.08 bits per heavy atom. The SMILES string of the molecule is Nc1c(F)c(F)cc2cnccc12. The molecule has 0 saturated heterocycles. The predicted octanol–water partition coefficient (Wildman–Crippen LogP) is 2.10. The van der Waals surface area contributed by atoms with Crippen LogP contribution in [0, 0.1) is 11.6 Å². The normalized spacial score (nSPS) is 10.6. The molecule has 66 valence electrons. The smallest absolute Gasteiger partial charge is 0.182 e. The number of pyridine rings is 1. The standard InChI is InChI=1S/C9H6F2N2/c10-7-3-5-4-13-2-1-6(5)9(12)8(7)11/h1-4H,12H2. The Morgan fingerprint density at radius 3 is 2.85 bits per heavy atom. The highest BCUT2D eigenvalue weighted by Gasteiger charge is 2.09. The molecule has 1 aromatic heterocycles. The van der Waals surface area contributed by atoms with Crippen LogP contribution in [0.25, 0.3) is 10.8 Å². The number of aromatic nitrogens is 1. The van der Waals surface area contributed by atoms with E-state index in [4.69, 9.17) is 5.73 Å². The molecular formula is C9H6F2N2. The molecule has 0 radical (unpaired) electrons. The number of anilines is 1. The first-order chi connectivity index (χ1) is 6.20. The molecule has 0 spiro atoms. The van der Waals surface area contributed by atoms with Gasteiger partial charge in [-0.1, -0.05) is 0 Å². The van der Waals surface area contributed by atoms with Crippen LogP contribution >= 0.6 is 0 Å². The summed E-state index contributed by atoms with van der Waals surface area (Å²) in [7, 11) is 0. The van der Waals surface area contributed by atoms with Gasteiger partial charge in [0.05, 0.1) is 5.69 Å². The molecule has 0 aliphatic carbocycles. The van der Waals surface area contributed by atoms with E-state index in [0.717, 1.165) is 6.07 Å². The molecule has 4 heteroatoms. The lowest BCUT2D eigenvalue weighted by Crippen LogP contribution is -1.96. The van der Waals surface area contributed by atoms with Gasteiger partial charge in [-0.3, -0.25) is 4.98 Å². The minimum atomic E-state index is -1.00. The Balaban J connectivity index is 2.94. The first-order valence-corrected chi connectivity index (χ1v) is 3.67. The van der Waals surface area contributed by atoms with Crippen LogP contribution in [0.4, 0.5) is 14.5 Å². The molecule has 13 heavy (non-hydrogen) atoms. The quantitative estimate of drug-likeness (QED) is 0.630. The Hall–Kier alpha value is -1.71. The van der Waals surface area contributed by atoms with Gasteiger partial charge in [-0.2, -0.15) is 0 Å². The lowest BCUT2D eigenvalue weighted by Gasteiger charge is -2.02. The summed E-state index contributed by atoms with van der Waals surface area (Å²) in [5, 5.41) is 0.979. The third-order valence-corrected chi connectivity index (χ3v) is 1.87. The fraction of sp³-hybridized carbons (Fsp3) is 0. The zero-order valence-electron chi connectivity index (χ0n) is 6.59. The molecule has 2 aromatic rings.